The summed E-state index contributed by atoms with van der Waals surface area (Å²) in [7, 11) is 0. The lowest BCUT2D eigenvalue weighted by Gasteiger charge is -2.22. The second kappa shape index (κ2) is 6.67. The molecule has 1 aliphatic carbocycles. The maximum absolute atomic E-state index is 9.16. The summed E-state index contributed by atoms with van der Waals surface area (Å²) < 4.78 is 10.8. The molecule has 4 nitrogen and oxygen atoms in total. The Morgan fingerprint density at radius 3 is 2.81 bits per heavy atom. The van der Waals surface area contributed by atoms with Gasteiger partial charge in [-0.1, -0.05) is 6.07 Å². The van der Waals surface area contributed by atoms with Gasteiger partial charge in [0.25, 0.3) is 0 Å². The molecule has 0 radical (unpaired) electrons. The predicted octanol–water partition coefficient (Wildman–Crippen LogP) is 2.49. The van der Waals surface area contributed by atoms with Gasteiger partial charge in [-0.25, -0.2) is 0 Å². The van der Waals surface area contributed by atoms with Gasteiger partial charge in [-0.2, -0.15) is 0 Å². The van der Waals surface area contributed by atoms with Crippen molar-refractivity contribution in [1.29, 1.82) is 0 Å². The fourth-order valence-electron chi connectivity index (χ4n) is 3.02. The van der Waals surface area contributed by atoms with Crippen LogP contribution in [0.4, 0.5) is 0 Å². The summed E-state index contributed by atoms with van der Waals surface area (Å²) in [5.41, 5.74) is 1.29. The largest absolute Gasteiger partial charge is 0.454 e. The van der Waals surface area contributed by atoms with Gasteiger partial charge >= 0.3 is 0 Å². The minimum absolute atomic E-state index is 0.281. The minimum atomic E-state index is 0.281. The predicted molar refractivity (Wildman–Crippen MR) is 81.7 cm³/mol. The molecule has 2 atom stereocenters. The van der Waals surface area contributed by atoms with E-state index in [2.05, 4.69) is 24.4 Å². The Bertz CT molecular complexity index is 473. The first-order chi connectivity index (χ1) is 10.3. The van der Waals surface area contributed by atoms with E-state index in [0.717, 1.165) is 36.7 Å². The van der Waals surface area contributed by atoms with Crippen LogP contribution in [0.2, 0.25) is 0 Å². The van der Waals surface area contributed by atoms with Gasteiger partial charge in [0, 0.05) is 18.7 Å². The summed E-state index contributed by atoms with van der Waals surface area (Å²) in [6.45, 7) is 2.85. The molecule has 0 saturated heterocycles. The molecule has 0 aromatic heterocycles. The molecule has 21 heavy (non-hydrogen) atoms. The Labute approximate surface area is 126 Å². The highest BCUT2D eigenvalue weighted by Crippen LogP contribution is 2.35. The molecule has 1 aromatic rings. The molecule has 4 heteroatoms. The van der Waals surface area contributed by atoms with Crippen LogP contribution >= 0.6 is 0 Å². The van der Waals surface area contributed by atoms with E-state index in [-0.39, 0.29) is 6.61 Å². The molecule has 3 rings (SSSR count). The number of aryl methyl sites for hydroxylation is 1. The second-order valence-electron chi connectivity index (χ2n) is 6.25. The topological polar surface area (TPSA) is 50.7 Å². The highest BCUT2D eigenvalue weighted by Gasteiger charge is 2.31. The van der Waals surface area contributed by atoms with Crippen molar-refractivity contribution in [3.05, 3.63) is 23.8 Å². The standard InChI is InChI=1S/C17H25NO3/c1-12(18-15(8-9-19)14-5-6-14)2-3-13-4-7-16-17(10-13)21-11-20-16/h4,7,10,12,14-15,18-19H,2-3,5-6,8-9,11H2,1H3. The normalized spacial score (nSPS) is 19.5. The maximum Gasteiger partial charge on any atom is 0.231 e. The smallest absolute Gasteiger partial charge is 0.231 e. The molecule has 0 spiro atoms. The van der Waals surface area contributed by atoms with Crippen molar-refractivity contribution >= 4 is 0 Å². The number of hydrogen-bond acceptors (Lipinski definition) is 4. The summed E-state index contributed by atoms with van der Waals surface area (Å²) in [5.74, 6) is 2.50. The van der Waals surface area contributed by atoms with Crippen LogP contribution in [0.3, 0.4) is 0 Å². The highest BCUT2D eigenvalue weighted by molar-refractivity contribution is 5.44. The number of nitrogens with one attached hydrogen (secondary N) is 1. The average molecular weight is 291 g/mol. The van der Waals surface area contributed by atoms with Crippen LogP contribution in [-0.4, -0.2) is 30.6 Å². The molecule has 2 unspecified atom stereocenters. The summed E-state index contributed by atoms with van der Waals surface area (Å²) in [4.78, 5) is 0. The second-order valence-corrected chi connectivity index (χ2v) is 6.25. The highest BCUT2D eigenvalue weighted by atomic mass is 16.7. The maximum atomic E-state index is 9.16. The van der Waals surface area contributed by atoms with Crippen molar-refractivity contribution in [1.82, 2.24) is 5.32 Å². The van der Waals surface area contributed by atoms with Crippen molar-refractivity contribution in [2.75, 3.05) is 13.4 Å². The molecule has 0 amide bonds. The van der Waals surface area contributed by atoms with Gasteiger partial charge < -0.3 is 19.9 Å². The van der Waals surface area contributed by atoms with E-state index in [9.17, 15) is 0 Å². The molecule has 1 aromatic carbocycles. The van der Waals surface area contributed by atoms with Crippen molar-refractivity contribution in [3.63, 3.8) is 0 Å². The summed E-state index contributed by atoms with van der Waals surface area (Å²) in [6, 6.07) is 7.15. The fraction of sp³-hybridized carbons (Fsp3) is 0.647. The van der Waals surface area contributed by atoms with Crippen LogP contribution in [-0.2, 0) is 6.42 Å². The van der Waals surface area contributed by atoms with Crippen molar-refractivity contribution in [2.24, 2.45) is 5.92 Å². The van der Waals surface area contributed by atoms with Crippen molar-refractivity contribution in [3.8, 4) is 11.5 Å². The van der Waals surface area contributed by atoms with Gasteiger partial charge in [0.05, 0.1) is 0 Å². The average Bonchev–Trinajstić information content (AvgIpc) is 3.22. The number of aliphatic hydroxyl groups excluding tert-OH is 1. The summed E-state index contributed by atoms with van der Waals surface area (Å²) in [5, 5.41) is 12.8. The van der Waals surface area contributed by atoms with Crippen molar-refractivity contribution in [2.45, 2.75) is 51.1 Å². The van der Waals surface area contributed by atoms with Crippen LogP contribution in [0.25, 0.3) is 0 Å². The lowest BCUT2D eigenvalue weighted by atomic mass is 10.0. The number of rotatable bonds is 8. The van der Waals surface area contributed by atoms with E-state index in [1.54, 1.807) is 0 Å². The quantitative estimate of drug-likeness (QED) is 0.772. The monoisotopic (exact) mass is 291 g/mol. The summed E-state index contributed by atoms with van der Waals surface area (Å²) in [6.07, 6.45) is 5.62. The molecular formula is C17H25NO3. The Kier molecular flexibility index (Phi) is 4.66. The molecule has 1 saturated carbocycles. The van der Waals surface area contributed by atoms with Gasteiger partial charge in [0.2, 0.25) is 6.79 Å². The van der Waals surface area contributed by atoms with E-state index < -0.39 is 0 Å². The van der Waals surface area contributed by atoms with E-state index in [1.807, 2.05) is 6.07 Å². The SMILES string of the molecule is CC(CCc1ccc2c(c1)OCO2)NC(CCO)C1CC1. The third-order valence-electron chi connectivity index (χ3n) is 4.43. The Morgan fingerprint density at radius 1 is 1.24 bits per heavy atom. The Hall–Kier alpha value is -1.26. The first-order valence-corrected chi connectivity index (χ1v) is 8.01. The fourth-order valence-corrected chi connectivity index (χ4v) is 3.02. The molecule has 2 N–H and O–H groups in total. The lowest BCUT2D eigenvalue weighted by molar-refractivity contribution is 0.174. The third kappa shape index (κ3) is 3.89. The zero-order valence-electron chi connectivity index (χ0n) is 12.7. The van der Waals surface area contributed by atoms with Crippen LogP contribution in [0.5, 0.6) is 11.5 Å². The van der Waals surface area contributed by atoms with Crippen LogP contribution in [0.15, 0.2) is 18.2 Å². The molecule has 1 aliphatic heterocycles. The molecular weight excluding hydrogens is 266 g/mol. The molecule has 116 valence electrons. The van der Waals surface area contributed by atoms with Crippen LogP contribution < -0.4 is 14.8 Å². The third-order valence-corrected chi connectivity index (χ3v) is 4.43. The van der Waals surface area contributed by atoms with Gasteiger partial charge in [0.1, 0.15) is 0 Å². The minimum Gasteiger partial charge on any atom is -0.454 e. The number of benzene rings is 1. The van der Waals surface area contributed by atoms with Crippen molar-refractivity contribution < 1.29 is 14.6 Å². The van der Waals surface area contributed by atoms with E-state index in [0.29, 0.717) is 18.9 Å². The van der Waals surface area contributed by atoms with Crippen LogP contribution in [0, 0.1) is 5.92 Å². The first kappa shape index (κ1) is 14.7. The first-order valence-electron chi connectivity index (χ1n) is 8.01. The van der Waals surface area contributed by atoms with Gasteiger partial charge in [-0.3, -0.25) is 0 Å². The number of aliphatic hydroxyl groups is 1. The van der Waals surface area contributed by atoms with Gasteiger partial charge in [-0.15, -0.1) is 0 Å². The molecule has 2 aliphatic rings. The number of fused-ring (bicyclic) bond motifs is 1. The Balaban J connectivity index is 1.47. The molecule has 1 heterocycles. The van der Waals surface area contributed by atoms with E-state index in [1.165, 1.54) is 18.4 Å². The zero-order valence-corrected chi connectivity index (χ0v) is 12.7. The van der Waals surface area contributed by atoms with E-state index >= 15 is 0 Å². The summed E-state index contributed by atoms with van der Waals surface area (Å²) >= 11 is 0. The van der Waals surface area contributed by atoms with E-state index in [4.69, 9.17) is 14.6 Å². The Morgan fingerprint density at radius 2 is 2.05 bits per heavy atom. The molecule has 1 fully saturated rings. The number of ether oxygens (including phenoxy) is 2. The lowest BCUT2D eigenvalue weighted by Crippen LogP contribution is -2.38. The molecule has 0 bridgehead atoms. The van der Waals surface area contributed by atoms with Gasteiger partial charge in [0.15, 0.2) is 11.5 Å². The van der Waals surface area contributed by atoms with Gasteiger partial charge in [-0.05, 0) is 62.6 Å². The number of hydrogen-bond donors (Lipinski definition) is 2. The zero-order chi connectivity index (χ0) is 14.7. The van der Waals surface area contributed by atoms with Crippen LogP contribution in [0.1, 0.15) is 38.2 Å².